The average Bonchev–Trinajstić information content (AvgIpc) is 2.92. The van der Waals surface area contributed by atoms with Crippen LogP contribution in [0.4, 0.5) is 5.69 Å². The van der Waals surface area contributed by atoms with E-state index in [-0.39, 0.29) is 11.2 Å². The van der Waals surface area contributed by atoms with Gasteiger partial charge in [0.05, 0.1) is 5.25 Å². The van der Waals surface area contributed by atoms with Gasteiger partial charge in [-0.1, -0.05) is 53.4 Å². The molecule has 1 unspecified atom stereocenters. The van der Waals surface area contributed by atoms with E-state index in [1.807, 2.05) is 50.2 Å². The molecule has 1 atom stereocenters. The van der Waals surface area contributed by atoms with Gasteiger partial charge in [0.2, 0.25) is 5.91 Å². The van der Waals surface area contributed by atoms with Crippen LogP contribution in [0.3, 0.4) is 0 Å². The highest BCUT2D eigenvalue weighted by Crippen LogP contribution is 2.27. The molecule has 6 heteroatoms. The third-order valence-electron chi connectivity index (χ3n) is 3.17. The summed E-state index contributed by atoms with van der Waals surface area (Å²) < 4.78 is 0.818. The largest absolute Gasteiger partial charge is 0.325 e. The van der Waals surface area contributed by atoms with E-state index in [0.717, 1.165) is 25.8 Å². The number of hydrogen-bond donors (Lipinski definition) is 1. The first-order chi connectivity index (χ1) is 10.6. The lowest BCUT2D eigenvalue weighted by atomic mass is 10.1. The van der Waals surface area contributed by atoms with Gasteiger partial charge in [0.25, 0.3) is 0 Å². The molecule has 22 heavy (non-hydrogen) atoms. The topological polar surface area (TPSA) is 54.9 Å². The first kappa shape index (κ1) is 15.0. The van der Waals surface area contributed by atoms with Crippen LogP contribution in [0.15, 0.2) is 46.8 Å². The number of thioether (sulfide) groups is 1. The number of rotatable bonds is 4. The Hall–Kier alpha value is -1.92. The van der Waals surface area contributed by atoms with Crippen molar-refractivity contribution in [2.45, 2.75) is 23.4 Å². The standard InChI is InChI=1S/C16H15N3OS2/c1-10(21-16-19-18-11(2)22-16)15(20)17-14-8-7-12-5-3-4-6-13(12)9-14/h3-10H,1-2H3,(H,17,20). The van der Waals surface area contributed by atoms with Crippen LogP contribution in [-0.4, -0.2) is 21.4 Å². The molecule has 1 aromatic heterocycles. The van der Waals surface area contributed by atoms with Crippen molar-refractivity contribution in [2.24, 2.45) is 0 Å². The van der Waals surface area contributed by atoms with Crippen molar-refractivity contribution in [2.75, 3.05) is 5.32 Å². The molecule has 1 heterocycles. The highest BCUT2D eigenvalue weighted by molar-refractivity contribution is 8.02. The van der Waals surface area contributed by atoms with Gasteiger partial charge in [-0.3, -0.25) is 4.79 Å². The van der Waals surface area contributed by atoms with Gasteiger partial charge in [0.15, 0.2) is 4.34 Å². The lowest BCUT2D eigenvalue weighted by Gasteiger charge is -2.11. The fraction of sp³-hybridized carbons (Fsp3) is 0.188. The molecule has 3 rings (SSSR count). The van der Waals surface area contributed by atoms with Crippen molar-refractivity contribution in [3.8, 4) is 0 Å². The van der Waals surface area contributed by atoms with Crippen molar-refractivity contribution in [3.05, 3.63) is 47.5 Å². The maximum atomic E-state index is 12.3. The molecule has 0 bridgehead atoms. The second kappa shape index (κ2) is 6.46. The Kier molecular flexibility index (Phi) is 4.40. The van der Waals surface area contributed by atoms with E-state index < -0.39 is 0 Å². The fourth-order valence-corrected chi connectivity index (χ4v) is 4.00. The van der Waals surface area contributed by atoms with Gasteiger partial charge in [0.1, 0.15) is 5.01 Å². The number of aromatic nitrogens is 2. The molecule has 0 saturated heterocycles. The van der Waals surface area contributed by atoms with Crippen molar-refractivity contribution >= 4 is 45.5 Å². The molecule has 2 aromatic carbocycles. The van der Waals surface area contributed by atoms with Crippen LogP contribution in [0, 0.1) is 6.92 Å². The summed E-state index contributed by atoms with van der Waals surface area (Å²) in [6.45, 7) is 3.78. The predicted molar refractivity (Wildman–Crippen MR) is 92.5 cm³/mol. The number of benzene rings is 2. The lowest BCUT2D eigenvalue weighted by molar-refractivity contribution is -0.115. The number of anilines is 1. The van der Waals surface area contributed by atoms with Crippen LogP contribution in [0.1, 0.15) is 11.9 Å². The van der Waals surface area contributed by atoms with Gasteiger partial charge in [-0.05, 0) is 36.8 Å². The van der Waals surface area contributed by atoms with Crippen molar-refractivity contribution in [1.82, 2.24) is 10.2 Å². The number of aryl methyl sites for hydroxylation is 1. The summed E-state index contributed by atoms with van der Waals surface area (Å²) in [4.78, 5) is 12.3. The zero-order chi connectivity index (χ0) is 15.5. The molecular formula is C16H15N3OS2. The lowest BCUT2D eigenvalue weighted by Crippen LogP contribution is -2.22. The number of nitrogens with zero attached hydrogens (tertiary/aromatic N) is 2. The Balaban J connectivity index is 1.69. The first-order valence-electron chi connectivity index (χ1n) is 6.88. The van der Waals surface area contributed by atoms with Gasteiger partial charge in [-0.15, -0.1) is 10.2 Å². The molecule has 0 saturated carbocycles. The van der Waals surface area contributed by atoms with Crippen molar-refractivity contribution < 1.29 is 4.79 Å². The van der Waals surface area contributed by atoms with Gasteiger partial charge in [-0.2, -0.15) is 0 Å². The quantitative estimate of drug-likeness (QED) is 0.732. The monoisotopic (exact) mass is 329 g/mol. The van der Waals surface area contributed by atoms with Crippen LogP contribution < -0.4 is 5.32 Å². The molecule has 1 amide bonds. The van der Waals surface area contributed by atoms with E-state index >= 15 is 0 Å². The minimum Gasteiger partial charge on any atom is -0.325 e. The van der Waals surface area contributed by atoms with Gasteiger partial charge < -0.3 is 5.32 Å². The number of nitrogens with one attached hydrogen (secondary N) is 1. The van der Waals surface area contributed by atoms with Gasteiger partial charge in [0, 0.05) is 5.69 Å². The highest BCUT2D eigenvalue weighted by atomic mass is 32.2. The molecule has 0 aliphatic heterocycles. The average molecular weight is 329 g/mol. The van der Waals surface area contributed by atoms with E-state index in [0.29, 0.717) is 0 Å². The number of carbonyl (C=O) groups excluding carboxylic acids is 1. The van der Waals surface area contributed by atoms with Crippen LogP contribution in [0.2, 0.25) is 0 Å². The Morgan fingerprint density at radius 1 is 1.18 bits per heavy atom. The Bertz CT molecular complexity index is 816. The van der Waals surface area contributed by atoms with Crippen LogP contribution >= 0.6 is 23.1 Å². The van der Waals surface area contributed by atoms with Crippen molar-refractivity contribution in [1.29, 1.82) is 0 Å². The maximum Gasteiger partial charge on any atom is 0.237 e. The number of hydrogen-bond acceptors (Lipinski definition) is 5. The Labute approximate surface area is 137 Å². The number of carbonyl (C=O) groups is 1. The molecule has 0 aliphatic rings. The van der Waals surface area contributed by atoms with E-state index in [2.05, 4.69) is 21.6 Å². The summed E-state index contributed by atoms with van der Waals surface area (Å²) in [5, 5.41) is 13.9. The van der Waals surface area contributed by atoms with Gasteiger partial charge >= 0.3 is 0 Å². The van der Waals surface area contributed by atoms with Crippen LogP contribution in [-0.2, 0) is 4.79 Å². The fourth-order valence-electron chi connectivity index (χ4n) is 2.04. The van der Waals surface area contributed by atoms with Gasteiger partial charge in [-0.25, -0.2) is 0 Å². The van der Waals surface area contributed by atoms with Crippen molar-refractivity contribution in [3.63, 3.8) is 0 Å². The second-order valence-corrected chi connectivity index (χ2v) is 7.67. The first-order valence-corrected chi connectivity index (χ1v) is 8.58. The van der Waals surface area contributed by atoms with E-state index in [1.54, 1.807) is 0 Å². The zero-order valence-electron chi connectivity index (χ0n) is 12.2. The Morgan fingerprint density at radius 3 is 2.68 bits per heavy atom. The molecular weight excluding hydrogens is 314 g/mol. The van der Waals surface area contributed by atoms with E-state index in [9.17, 15) is 4.79 Å². The zero-order valence-corrected chi connectivity index (χ0v) is 13.9. The highest BCUT2D eigenvalue weighted by Gasteiger charge is 2.16. The molecule has 3 aromatic rings. The summed E-state index contributed by atoms with van der Waals surface area (Å²) in [5.41, 5.74) is 0.810. The third kappa shape index (κ3) is 3.45. The van der Waals surface area contributed by atoms with Crippen LogP contribution in [0.5, 0.6) is 0 Å². The summed E-state index contributed by atoms with van der Waals surface area (Å²) >= 11 is 2.93. The summed E-state index contributed by atoms with van der Waals surface area (Å²) in [6, 6.07) is 14.0. The van der Waals surface area contributed by atoms with Crippen LogP contribution in [0.25, 0.3) is 10.8 Å². The SMILES string of the molecule is Cc1nnc(SC(C)C(=O)Nc2ccc3ccccc3c2)s1. The second-order valence-electron chi connectivity index (χ2n) is 4.90. The molecule has 112 valence electrons. The smallest absolute Gasteiger partial charge is 0.237 e. The molecule has 4 nitrogen and oxygen atoms in total. The predicted octanol–water partition coefficient (Wildman–Crippen LogP) is 4.12. The molecule has 0 fully saturated rings. The van der Waals surface area contributed by atoms with E-state index in [1.165, 1.54) is 23.1 Å². The molecule has 0 spiro atoms. The summed E-state index contributed by atoms with van der Waals surface area (Å²) in [6.07, 6.45) is 0. The van der Waals surface area contributed by atoms with E-state index in [4.69, 9.17) is 0 Å². The third-order valence-corrected chi connectivity index (χ3v) is 5.19. The number of fused-ring (bicyclic) bond motifs is 1. The summed E-state index contributed by atoms with van der Waals surface area (Å²) in [5.74, 6) is -0.0341. The normalized spacial score (nSPS) is 12.3. The molecule has 0 radical (unpaired) electrons. The molecule has 1 N–H and O–H groups in total. The minimum absolute atomic E-state index is 0.0341. The summed E-state index contributed by atoms with van der Waals surface area (Å²) in [7, 11) is 0. The minimum atomic E-state index is -0.223. The number of amides is 1. The molecule has 0 aliphatic carbocycles. The Morgan fingerprint density at radius 2 is 1.95 bits per heavy atom. The maximum absolute atomic E-state index is 12.3.